The van der Waals surface area contributed by atoms with Crippen molar-refractivity contribution >= 4 is 11.6 Å². The third-order valence-corrected chi connectivity index (χ3v) is 11.0. The molecule has 0 bridgehead atoms. The number of oxime groups is 1. The molecule has 11 heteroatoms. The second-order valence-electron chi connectivity index (χ2n) is 14.2. The Morgan fingerprint density at radius 3 is 2.46 bits per heavy atom. The van der Waals surface area contributed by atoms with E-state index in [9.17, 15) is 29.8 Å². The molecule has 3 aromatic carbocycles. The van der Waals surface area contributed by atoms with Crippen LogP contribution in [0.4, 0.5) is 4.39 Å². The zero-order valence-electron chi connectivity index (χ0n) is 30.6. The van der Waals surface area contributed by atoms with Crippen LogP contribution in [0.3, 0.4) is 0 Å². The summed E-state index contributed by atoms with van der Waals surface area (Å²) in [7, 11) is 1.48. The number of phenols is 1. The van der Waals surface area contributed by atoms with Crippen LogP contribution in [-0.4, -0.2) is 70.6 Å². The predicted molar refractivity (Wildman–Crippen MR) is 201 cm³/mol. The molecule has 1 amide bonds. The fourth-order valence-corrected chi connectivity index (χ4v) is 8.73. The van der Waals surface area contributed by atoms with Gasteiger partial charge in [-0.05, 0) is 103 Å². The first-order chi connectivity index (χ1) is 26.3. The van der Waals surface area contributed by atoms with E-state index in [0.29, 0.717) is 41.0 Å². The van der Waals surface area contributed by atoms with Gasteiger partial charge in [0.2, 0.25) is 5.79 Å². The summed E-state index contributed by atoms with van der Waals surface area (Å²) in [5, 5.41) is 44.5. The number of aliphatic hydroxyl groups excluding tert-OH is 2. The molecule has 0 spiro atoms. The van der Waals surface area contributed by atoms with Crippen LogP contribution in [0.5, 0.6) is 11.5 Å². The molecular weight excluding hydrogens is 689 g/mol. The van der Waals surface area contributed by atoms with E-state index >= 15 is 0 Å². The maximum Gasteiger partial charge on any atom is 0.254 e. The van der Waals surface area contributed by atoms with E-state index in [2.05, 4.69) is 23.9 Å². The van der Waals surface area contributed by atoms with Gasteiger partial charge in [-0.25, -0.2) is 4.39 Å². The minimum Gasteiger partial charge on any atom is -0.508 e. The number of ether oxygens (including phenoxy) is 2. The van der Waals surface area contributed by atoms with Gasteiger partial charge in [0.05, 0.1) is 29.9 Å². The van der Waals surface area contributed by atoms with Gasteiger partial charge in [0.15, 0.2) is 0 Å². The van der Waals surface area contributed by atoms with Crippen molar-refractivity contribution in [1.29, 1.82) is 5.26 Å². The number of amides is 1. The molecule has 0 radical (unpaired) electrons. The summed E-state index contributed by atoms with van der Waals surface area (Å²) in [4.78, 5) is 22.1. The van der Waals surface area contributed by atoms with E-state index in [1.807, 2.05) is 0 Å². The Bertz CT molecular complexity index is 1890. The molecule has 0 unspecified atom stereocenters. The van der Waals surface area contributed by atoms with E-state index in [0.717, 1.165) is 36.8 Å². The number of unbranched alkanes of at least 4 members (excludes halogenated alkanes) is 2. The van der Waals surface area contributed by atoms with Crippen molar-refractivity contribution in [3.05, 3.63) is 119 Å². The van der Waals surface area contributed by atoms with E-state index < -0.39 is 23.6 Å². The number of aromatic hydroxyl groups is 1. The number of hydrogen-bond acceptors (Lipinski definition) is 9. The van der Waals surface area contributed by atoms with Crippen LogP contribution < -0.4 is 4.74 Å². The first kappa shape index (κ1) is 38.7. The summed E-state index contributed by atoms with van der Waals surface area (Å²) in [5.74, 6) is -2.44. The molecule has 1 fully saturated rings. The number of carbonyl (C=O) groups excluding carboxylic acids is 1. The summed E-state index contributed by atoms with van der Waals surface area (Å²) in [6, 6.07) is 18.8. The predicted octanol–water partition coefficient (Wildman–Crippen LogP) is 7.01. The SMILES string of the molecule is C=CCO[C@@]12Oc3ccc(O)cc3[C@H]3[C@H](CCCCO)[C@@H](CCCCO)C=C(C(=NOC)C[C@@H]1N(Cc1ccc(F)cc1)C(=O)c1ccc(C#N)cc1)[C@H]32. The minimum atomic E-state index is -1.50. The Kier molecular flexibility index (Phi) is 12.5. The lowest BCUT2D eigenvalue weighted by atomic mass is 9.55. The van der Waals surface area contributed by atoms with Gasteiger partial charge in [-0.2, -0.15) is 5.26 Å². The van der Waals surface area contributed by atoms with Crippen LogP contribution in [-0.2, 0) is 16.1 Å². The lowest BCUT2D eigenvalue weighted by molar-refractivity contribution is -0.255. The number of aliphatic hydroxyl groups is 2. The van der Waals surface area contributed by atoms with Gasteiger partial charge in [0.1, 0.15) is 30.5 Å². The molecule has 0 saturated heterocycles. The Balaban J connectivity index is 1.60. The van der Waals surface area contributed by atoms with Gasteiger partial charge < -0.3 is 34.5 Å². The molecule has 1 saturated carbocycles. The molecule has 0 aromatic heterocycles. The number of nitrogens with zero attached hydrogens (tertiary/aromatic N) is 3. The van der Waals surface area contributed by atoms with Crippen molar-refractivity contribution in [1.82, 2.24) is 4.90 Å². The van der Waals surface area contributed by atoms with E-state index in [1.54, 1.807) is 65.6 Å². The third kappa shape index (κ3) is 7.78. The van der Waals surface area contributed by atoms with Crippen molar-refractivity contribution in [2.75, 3.05) is 26.9 Å². The largest absolute Gasteiger partial charge is 0.508 e. The number of phenolic OH excluding ortho intramolecular Hbond substituents is 1. The van der Waals surface area contributed by atoms with Crippen molar-refractivity contribution in [3.8, 4) is 17.6 Å². The standard InChI is InChI=1S/C43H48FN3O7/c1-3-22-53-43-39(47(27-29-12-16-32(44)17-13-29)42(51)30-14-10-28(26-45)11-15-30)25-37(46-52-2)35-23-31(8-4-6-20-48)34(9-5-7-21-49)40(41(35)43)36-24-33(50)18-19-38(36)54-43/h3,10-19,23-24,31,34,39-41,48-50H,1,4-9,20-22,25,27H2,2H3/t31-,34+,39-,40+,41+,43+/m0/s1. The van der Waals surface area contributed by atoms with Crippen LogP contribution in [0.15, 0.2) is 96.2 Å². The molecule has 3 aromatic rings. The summed E-state index contributed by atoms with van der Waals surface area (Å²) in [5.41, 5.74) is 3.73. The van der Waals surface area contributed by atoms with Crippen LogP contribution in [0, 0.1) is 34.9 Å². The Morgan fingerprint density at radius 1 is 1.07 bits per heavy atom. The summed E-state index contributed by atoms with van der Waals surface area (Å²) in [6.45, 7) is 4.25. The lowest BCUT2D eigenvalue weighted by Gasteiger charge is -2.60. The zero-order valence-corrected chi connectivity index (χ0v) is 30.6. The molecule has 6 atom stereocenters. The number of fused-ring (bicyclic) bond motifs is 2. The van der Waals surface area contributed by atoms with Gasteiger partial charge in [-0.1, -0.05) is 42.3 Å². The zero-order chi connectivity index (χ0) is 38.2. The number of rotatable bonds is 16. The Labute approximate surface area is 315 Å². The monoisotopic (exact) mass is 737 g/mol. The normalized spacial score (nSPS) is 24.7. The lowest BCUT2D eigenvalue weighted by Crippen LogP contribution is -2.70. The number of allylic oxidation sites excluding steroid dienone is 1. The third-order valence-electron chi connectivity index (χ3n) is 11.0. The van der Waals surface area contributed by atoms with Crippen LogP contribution in [0.25, 0.3) is 0 Å². The average Bonchev–Trinajstić information content (AvgIpc) is 3.18. The fraction of sp³-hybridized carbons (Fsp3) is 0.419. The number of hydrogen-bond donors (Lipinski definition) is 3. The molecule has 3 aliphatic rings. The number of carbonyl (C=O) groups is 1. The maximum absolute atomic E-state index is 14.9. The maximum atomic E-state index is 14.9. The van der Waals surface area contributed by atoms with Gasteiger partial charge in [0, 0.05) is 43.2 Å². The Morgan fingerprint density at radius 2 is 1.80 bits per heavy atom. The molecule has 54 heavy (non-hydrogen) atoms. The van der Waals surface area contributed by atoms with Gasteiger partial charge >= 0.3 is 0 Å². The van der Waals surface area contributed by atoms with Gasteiger partial charge in [0.25, 0.3) is 5.91 Å². The van der Waals surface area contributed by atoms with E-state index in [1.165, 1.54) is 19.2 Å². The molecule has 1 aliphatic heterocycles. The highest BCUT2D eigenvalue weighted by Gasteiger charge is 2.65. The van der Waals surface area contributed by atoms with E-state index in [4.69, 9.17) is 14.3 Å². The molecule has 2 aliphatic carbocycles. The van der Waals surface area contributed by atoms with E-state index in [-0.39, 0.29) is 62.2 Å². The summed E-state index contributed by atoms with van der Waals surface area (Å²) < 4.78 is 28.3. The first-order valence-corrected chi connectivity index (χ1v) is 18.6. The summed E-state index contributed by atoms with van der Waals surface area (Å²) >= 11 is 0. The fourth-order valence-electron chi connectivity index (χ4n) is 8.73. The van der Waals surface area contributed by atoms with Crippen molar-refractivity contribution < 1.29 is 38.8 Å². The second-order valence-corrected chi connectivity index (χ2v) is 14.2. The van der Waals surface area contributed by atoms with Crippen LogP contribution >= 0.6 is 0 Å². The molecule has 1 heterocycles. The highest BCUT2D eigenvalue weighted by Crippen LogP contribution is 2.62. The topological polar surface area (TPSA) is 145 Å². The molecule has 6 rings (SSSR count). The minimum absolute atomic E-state index is 0.00229. The average molecular weight is 738 g/mol. The smallest absolute Gasteiger partial charge is 0.254 e. The quantitative estimate of drug-likeness (QED) is 0.0810. The molecular formula is C43H48FN3O7. The number of benzene rings is 3. The second kappa shape index (κ2) is 17.4. The van der Waals surface area contributed by atoms with Crippen molar-refractivity contribution in [2.45, 2.75) is 69.2 Å². The van der Waals surface area contributed by atoms with Crippen molar-refractivity contribution in [3.63, 3.8) is 0 Å². The first-order valence-electron chi connectivity index (χ1n) is 18.6. The molecule has 10 nitrogen and oxygen atoms in total. The van der Waals surface area contributed by atoms with Gasteiger partial charge in [-0.15, -0.1) is 6.58 Å². The molecule has 284 valence electrons. The highest BCUT2D eigenvalue weighted by atomic mass is 19.1. The van der Waals surface area contributed by atoms with Crippen LogP contribution in [0.1, 0.15) is 77.9 Å². The Hall–Kier alpha value is -5.02. The van der Waals surface area contributed by atoms with Crippen molar-refractivity contribution in [2.24, 2.45) is 22.9 Å². The van der Waals surface area contributed by atoms with Crippen LogP contribution in [0.2, 0.25) is 0 Å². The summed E-state index contributed by atoms with van der Waals surface area (Å²) in [6.07, 6.45) is 8.45. The van der Waals surface area contributed by atoms with Gasteiger partial charge in [-0.3, -0.25) is 4.79 Å². The molecule has 3 N–H and O–H groups in total. The highest BCUT2D eigenvalue weighted by molar-refractivity contribution is 6.03. The number of nitriles is 1. The number of halogens is 1.